The van der Waals surface area contributed by atoms with Crippen LogP contribution in [0, 0.1) is 0 Å². The lowest BCUT2D eigenvalue weighted by atomic mass is 10.1. The Labute approximate surface area is 181 Å². The maximum atomic E-state index is 13.2. The highest BCUT2D eigenvalue weighted by Crippen LogP contribution is 2.28. The van der Waals surface area contributed by atoms with Crippen molar-refractivity contribution in [2.24, 2.45) is 0 Å². The Morgan fingerprint density at radius 1 is 0.839 bits per heavy atom. The lowest BCUT2D eigenvalue weighted by Crippen LogP contribution is -2.55. The van der Waals surface area contributed by atoms with E-state index in [1.807, 2.05) is 0 Å². The summed E-state index contributed by atoms with van der Waals surface area (Å²) in [6.07, 6.45) is 1.12. The van der Waals surface area contributed by atoms with Gasteiger partial charge in [0.25, 0.3) is 5.91 Å². The van der Waals surface area contributed by atoms with E-state index >= 15 is 0 Å². The summed E-state index contributed by atoms with van der Waals surface area (Å²) in [4.78, 5) is 29.3. The molecule has 0 bridgehead atoms. The van der Waals surface area contributed by atoms with E-state index in [1.54, 1.807) is 58.3 Å². The summed E-state index contributed by atoms with van der Waals surface area (Å²) >= 11 is 0. The zero-order valence-electron chi connectivity index (χ0n) is 17.1. The van der Waals surface area contributed by atoms with Crippen LogP contribution in [0.4, 0.5) is 0 Å². The van der Waals surface area contributed by atoms with Gasteiger partial charge in [0.05, 0.1) is 10.5 Å². The first-order valence-corrected chi connectivity index (χ1v) is 11.8. The van der Waals surface area contributed by atoms with Gasteiger partial charge in [-0.1, -0.05) is 30.3 Å². The molecule has 2 heterocycles. The maximum absolute atomic E-state index is 13.2. The molecule has 9 heteroatoms. The van der Waals surface area contributed by atoms with Crippen molar-refractivity contribution in [2.75, 3.05) is 32.7 Å². The van der Waals surface area contributed by atoms with Crippen molar-refractivity contribution in [1.29, 1.82) is 0 Å². The average Bonchev–Trinajstić information content (AvgIpc) is 3.30. The molecule has 2 aromatic carbocycles. The van der Waals surface area contributed by atoms with E-state index in [0.29, 0.717) is 45.6 Å². The van der Waals surface area contributed by atoms with Gasteiger partial charge in [0.2, 0.25) is 15.9 Å². The fourth-order valence-corrected chi connectivity index (χ4v) is 5.84. The Balaban J connectivity index is 1.42. The summed E-state index contributed by atoms with van der Waals surface area (Å²) in [5, 5.41) is 9.92. The summed E-state index contributed by atoms with van der Waals surface area (Å²) in [6.45, 7) is 1.63. The van der Waals surface area contributed by atoms with E-state index in [2.05, 4.69) is 0 Å². The predicted molar refractivity (Wildman–Crippen MR) is 114 cm³/mol. The number of para-hydroxylation sites is 1. The lowest BCUT2D eigenvalue weighted by Gasteiger charge is -2.37. The van der Waals surface area contributed by atoms with E-state index in [4.69, 9.17) is 0 Å². The highest BCUT2D eigenvalue weighted by molar-refractivity contribution is 7.89. The largest absolute Gasteiger partial charge is 0.507 e. The summed E-state index contributed by atoms with van der Waals surface area (Å²) in [5.74, 6) is -0.565. The molecular formula is C22H25N3O5S. The number of rotatable bonds is 4. The molecule has 2 fully saturated rings. The number of hydrogen-bond acceptors (Lipinski definition) is 5. The molecule has 4 rings (SSSR count). The number of phenols is 1. The second-order valence-electron chi connectivity index (χ2n) is 7.72. The molecule has 0 spiro atoms. The number of hydrogen-bond donors (Lipinski definition) is 1. The third-order valence-electron chi connectivity index (χ3n) is 5.85. The molecule has 2 aromatic rings. The summed E-state index contributed by atoms with van der Waals surface area (Å²) in [6, 6.07) is 13.8. The van der Waals surface area contributed by atoms with Crippen LogP contribution in [0.5, 0.6) is 5.75 Å². The minimum atomic E-state index is -3.74. The van der Waals surface area contributed by atoms with Gasteiger partial charge in [-0.3, -0.25) is 9.59 Å². The van der Waals surface area contributed by atoms with Crippen molar-refractivity contribution in [3.8, 4) is 5.75 Å². The molecule has 8 nitrogen and oxygen atoms in total. The Hall–Kier alpha value is -2.91. The molecule has 2 aliphatic heterocycles. The first-order chi connectivity index (χ1) is 14.9. The topological polar surface area (TPSA) is 98.2 Å². The number of piperazine rings is 1. The fraction of sp³-hybridized carbons (Fsp3) is 0.364. The monoisotopic (exact) mass is 443 g/mol. The molecule has 0 saturated carbocycles. The van der Waals surface area contributed by atoms with E-state index in [1.165, 1.54) is 10.4 Å². The zero-order chi connectivity index (χ0) is 22.0. The van der Waals surface area contributed by atoms with E-state index in [-0.39, 0.29) is 28.0 Å². The van der Waals surface area contributed by atoms with E-state index in [9.17, 15) is 23.1 Å². The number of amides is 2. The third kappa shape index (κ3) is 4.15. The molecule has 2 amide bonds. The van der Waals surface area contributed by atoms with Crippen LogP contribution in [0.1, 0.15) is 23.2 Å². The number of carbonyl (C=O) groups is 2. The third-order valence-corrected chi connectivity index (χ3v) is 7.77. The van der Waals surface area contributed by atoms with Crippen molar-refractivity contribution >= 4 is 21.8 Å². The van der Waals surface area contributed by atoms with Crippen LogP contribution in [0.15, 0.2) is 59.5 Å². The summed E-state index contributed by atoms with van der Waals surface area (Å²) in [7, 11) is -3.74. The fourth-order valence-electron chi connectivity index (χ4n) is 4.17. The SMILES string of the molecule is O=C(c1ccccc1O)N1CCN(C(=O)C2CCCN2S(=O)(=O)c2ccccc2)CC1. The Bertz CT molecular complexity index is 1070. The van der Waals surface area contributed by atoms with Crippen LogP contribution in [0.3, 0.4) is 0 Å². The molecule has 2 aliphatic rings. The molecule has 1 atom stereocenters. The Kier molecular flexibility index (Phi) is 5.97. The number of aromatic hydroxyl groups is 1. The lowest BCUT2D eigenvalue weighted by molar-refractivity contribution is -0.136. The number of sulfonamides is 1. The smallest absolute Gasteiger partial charge is 0.257 e. The molecule has 31 heavy (non-hydrogen) atoms. The van der Waals surface area contributed by atoms with Crippen molar-refractivity contribution in [3.05, 3.63) is 60.2 Å². The van der Waals surface area contributed by atoms with E-state index < -0.39 is 16.1 Å². The zero-order valence-corrected chi connectivity index (χ0v) is 17.9. The molecule has 0 aromatic heterocycles. The second-order valence-corrected chi connectivity index (χ2v) is 9.61. The van der Waals surface area contributed by atoms with Crippen LogP contribution in [-0.2, 0) is 14.8 Å². The van der Waals surface area contributed by atoms with Gasteiger partial charge >= 0.3 is 0 Å². The maximum Gasteiger partial charge on any atom is 0.257 e. The standard InChI is InChI=1S/C22H25N3O5S/c26-20-11-5-4-9-18(20)21(27)23-13-15-24(16-14-23)22(28)19-10-6-12-25(19)31(29,30)17-7-2-1-3-8-17/h1-5,7-9,11,19,26H,6,10,12-16H2. The number of benzene rings is 2. The Morgan fingerprint density at radius 3 is 2.13 bits per heavy atom. The first kappa shape index (κ1) is 21.3. The highest BCUT2D eigenvalue weighted by Gasteiger charge is 2.41. The van der Waals surface area contributed by atoms with Gasteiger partial charge in [0.1, 0.15) is 11.8 Å². The molecule has 1 N–H and O–H groups in total. The second kappa shape index (κ2) is 8.68. The minimum Gasteiger partial charge on any atom is -0.507 e. The molecule has 2 saturated heterocycles. The van der Waals surface area contributed by atoms with E-state index in [0.717, 1.165) is 0 Å². The average molecular weight is 444 g/mol. The van der Waals surface area contributed by atoms with Crippen molar-refractivity contribution in [2.45, 2.75) is 23.8 Å². The number of nitrogens with zero attached hydrogens (tertiary/aromatic N) is 3. The van der Waals surface area contributed by atoms with Crippen LogP contribution in [0.25, 0.3) is 0 Å². The van der Waals surface area contributed by atoms with Gasteiger partial charge in [0, 0.05) is 32.7 Å². The summed E-state index contributed by atoms with van der Waals surface area (Å²) < 4.78 is 27.4. The van der Waals surface area contributed by atoms with Crippen molar-refractivity contribution in [3.63, 3.8) is 0 Å². The van der Waals surface area contributed by atoms with Crippen LogP contribution in [0.2, 0.25) is 0 Å². The first-order valence-electron chi connectivity index (χ1n) is 10.3. The van der Waals surface area contributed by atoms with Crippen LogP contribution >= 0.6 is 0 Å². The molecule has 164 valence electrons. The summed E-state index contributed by atoms with van der Waals surface area (Å²) in [5.41, 5.74) is 0.234. The van der Waals surface area contributed by atoms with Gasteiger partial charge in [-0.15, -0.1) is 0 Å². The van der Waals surface area contributed by atoms with Crippen molar-refractivity contribution in [1.82, 2.24) is 14.1 Å². The van der Waals surface area contributed by atoms with Gasteiger partial charge in [-0.05, 0) is 37.1 Å². The van der Waals surface area contributed by atoms with Gasteiger partial charge < -0.3 is 14.9 Å². The normalized spacial score (nSPS) is 20.1. The quantitative estimate of drug-likeness (QED) is 0.773. The number of phenolic OH excluding ortho intramolecular Hbond substituents is 1. The van der Waals surface area contributed by atoms with Gasteiger partial charge in [-0.25, -0.2) is 8.42 Å². The molecule has 1 unspecified atom stereocenters. The van der Waals surface area contributed by atoms with Crippen LogP contribution < -0.4 is 0 Å². The van der Waals surface area contributed by atoms with Gasteiger partial charge in [0.15, 0.2) is 0 Å². The predicted octanol–water partition coefficient (Wildman–Crippen LogP) is 1.53. The molecule has 0 radical (unpaired) electrons. The number of carbonyl (C=O) groups excluding carboxylic acids is 2. The van der Waals surface area contributed by atoms with Crippen LogP contribution in [-0.4, -0.2) is 78.2 Å². The molecular weight excluding hydrogens is 418 g/mol. The molecule has 0 aliphatic carbocycles. The highest BCUT2D eigenvalue weighted by atomic mass is 32.2. The minimum absolute atomic E-state index is 0.0706. The van der Waals surface area contributed by atoms with Crippen molar-refractivity contribution < 1.29 is 23.1 Å². The van der Waals surface area contributed by atoms with Gasteiger partial charge in [-0.2, -0.15) is 4.31 Å². The Morgan fingerprint density at radius 2 is 1.45 bits per heavy atom.